The van der Waals surface area contributed by atoms with Crippen LogP contribution < -0.4 is 5.32 Å². The molecule has 3 aliphatic heterocycles. The molecular formula is C13H19N3O. The summed E-state index contributed by atoms with van der Waals surface area (Å²) < 4.78 is 7.64. The van der Waals surface area contributed by atoms with Crippen molar-refractivity contribution < 1.29 is 4.74 Å². The van der Waals surface area contributed by atoms with Crippen LogP contribution in [0.15, 0.2) is 6.20 Å². The summed E-state index contributed by atoms with van der Waals surface area (Å²) >= 11 is 0. The van der Waals surface area contributed by atoms with Crippen molar-refractivity contribution in [3.63, 3.8) is 0 Å². The van der Waals surface area contributed by atoms with E-state index in [-0.39, 0.29) is 0 Å². The summed E-state index contributed by atoms with van der Waals surface area (Å²) in [6.45, 7) is 1.78. The van der Waals surface area contributed by atoms with Crippen molar-refractivity contribution in [2.75, 3.05) is 13.2 Å². The van der Waals surface area contributed by atoms with E-state index in [9.17, 15) is 0 Å². The van der Waals surface area contributed by atoms with Gasteiger partial charge in [-0.05, 0) is 25.7 Å². The largest absolute Gasteiger partial charge is 0.381 e. The third kappa shape index (κ3) is 1.62. The van der Waals surface area contributed by atoms with Crippen molar-refractivity contribution in [1.29, 1.82) is 0 Å². The zero-order chi connectivity index (χ0) is 11.2. The van der Waals surface area contributed by atoms with Gasteiger partial charge in [0, 0.05) is 43.5 Å². The topological polar surface area (TPSA) is 39.1 Å². The number of fused-ring (bicyclic) bond motifs is 4. The van der Waals surface area contributed by atoms with Crippen LogP contribution in [-0.4, -0.2) is 29.0 Å². The Balaban J connectivity index is 1.64. The maximum absolute atomic E-state index is 5.42. The lowest BCUT2D eigenvalue weighted by Crippen LogP contribution is -2.31. The lowest BCUT2D eigenvalue weighted by atomic mass is 10.0. The van der Waals surface area contributed by atoms with Gasteiger partial charge in [-0.25, -0.2) is 0 Å². The molecule has 2 saturated heterocycles. The highest BCUT2D eigenvalue weighted by Crippen LogP contribution is 2.36. The van der Waals surface area contributed by atoms with Gasteiger partial charge in [0.25, 0.3) is 0 Å². The molecule has 2 fully saturated rings. The van der Waals surface area contributed by atoms with Crippen LogP contribution >= 0.6 is 0 Å². The van der Waals surface area contributed by atoms with Crippen molar-refractivity contribution in [3.05, 3.63) is 17.5 Å². The third-order valence-corrected chi connectivity index (χ3v) is 4.46. The van der Waals surface area contributed by atoms with Crippen LogP contribution in [0.5, 0.6) is 0 Å². The molecule has 0 aliphatic carbocycles. The monoisotopic (exact) mass is 233 g/mol. The SMILES string of the molecule is c1c2c(nn1C1CCOCC1)C[C@@H]1CC[C@H]2N1. The van der Waals surface area contributed by atoms with Gasteiger partial charge in [0.1, 0.15) is 0 Å². The number of hydrogen-bond donors (Lipinski definition) is 1. The Morgan fingerprint density at radius 2 is 2.12 bits per heavy atom. The Morgan fingerprint density at radius 3 is 3.00 bits per heavy atom. The van der Waals surface area contributed by atoms with E-state index in [4.69, 9.17) is 9.84 Å². The average molecular weight is 233 g/mol. The smallest absolute Gasteiger partial charge is 0.0688 e. The van der Waals surface area contributed by atoms with Gasteiger partial charge in [-0.1, -0.05) is 0 Å². The van der Waals surface area contributed by atoms with Crippen LogP contribution in [0.4, 0.5) is 0 Å². The Labute approximate surface area is 101 Å². The van der Waals surface area contributed by atoms with E-state index in [2.05, 4.69) is 16.2 Å². The molecule has 0 unspecified atom stereocenters. The molecule has 0 radical (unpaired) electrons. The number of nitrogens with zero attached hydrogens (tertiary/aromatic N) is 2. The maximum Gasteiger partial charge on any atom is 0.0688 e. The van der Waals surface area contributed by atoms with Crippen LogP contribution in [0.25, 0.3) is 0 Å². The molecule has 1 N–H and O–H groups in total. The van der Waals surface area contributed by atoms with Crippen LogP contribution in [-0.2, 0) is 11.2 Å². The van der Waals surface area contributed by atoms with Gasteiger partial charge in [-0.2, -0.15) is 5.10 Å². The van der Waals surface area contributed by atoms with Crippen molar-refractivity contribution in [2.24, 2.45) is 0 Å². The molecule has 2 bridgehead atoms. The Bertz CT molecular complexity index is 422. The quantitative estimate of drug-likeness (QED) is 0.800. The fraction of sp³-hybridized carbons (Fsp3) is 0.769. The number of aromatic nitrogens is 2. The minimum atomic E-state index is 0.563. The Morgan fingerprint density at radius 1 is 1.24 bits per heavy atom. The molecule has 4 nitrogen and oxygen atoms in total. The summed E-state index contributed by atoms with van der Waals surface area (Å²) in [6.07, 6.45) is 8.26. The molecule has 2 atom stereocenters. The van der Waals surface area contributed by atoms with Crippen molar-refractivity contribution >= 4 is 0 Å². The molecule has 0 aromatic carbocycles. The van der Waals surface area contributed by atoms with E-state index in [0.29, 0.717) is 18.1 Å². The van der Waals surface area contributed by atoms with E-state index < -0.39 is 0 Å². The predicted molar refractivity (Wildman–Crippen MR) is 63.9 cm³/mol. The van der Waals surface area contributed by atoms with E-state index in [1.54, 1.807) is 0 Å². The number of hydrogen-bond acceptors (Lipinski definition) is 3. The molecule has 0 saturated carbocycles. The van der Waals surface area contributed by atoms with Crippen LogP contribution in [0.2, 0.25) is 0 Å². The first kappa shape index (κ1) is 10.1. The van der Waals surface area contributed by atoms with Crippen LogP contribution in [0.1, 0.15) is 49.0 Å². The third-order valence-electron chi connectivity index (χ3n) is 4.46. The van der Waals surface area contributed by atoms with Gasteiger partial charge < -0.3 is 10.1 Å². The van der Waals surface area contributed by atoms with Gasteiger partial charge in [0.2, 0.25) is 0 Å². The van der Waals surface area contributed by atoms with E-state index in [0.717, 1.165) is 32.5 Å². The standard InChI is InChI=1S/C13H19N3O/c1-2-12-11-8-16(10-3-5-17-6-4-10)15-13(11)7-9(1)14-12/h8-10,12,14H,1-7H2/t9-,12+/m0/s1. The fourth-order valence-electron chi connectivity index (χ4n) is 3.49. The first-order chi connectivity index (χ1) is 8.40. The summed E-state index contributed by atoms with van der Waals surface area (Å²) in [5, 5.41) is 8.52. The average Bonchev–Trinajstić information content (AvgIpc) is 2.97. The first-order valence-electron chi connectivity index (χ1n) is 6.82. The lowest BCUT2D eigenvalue weighted by Gasteiger charge is -2.22. The molecule has 92 valence electrons. The zero-order valence-electron chi connectivity index (χ0n) is 10.1. The van der Waals surface area contributed by atoms with Crippen LogP contribution in [0, 0.1) is 0 Å². The van der Waals surface area contributed by atoms with E-state index in [1.165, 1.54) is 24.1 Å². The van der Waals surface area contributed by atoms with Gasteiger partial charge >= 0.3 is 0 Å². The molecular weight excluding hydrogens is 214 g/mol. The fourth-order valence-corrected chi connectivity index (χ4v) is 3.49. The van der Waals surface area contributed by atoms with Crippen molar-refractivity contribution in [3.8, 4) is 0 Å². The van der Waals surface area contributed by atoms with E-state index >= 15 is 0 Å². The highest BCUT2D eigenvalue weighted by Gasteiger charge is 2.34. The molecule has 4 rings (SSSR count). The van der Waals surface area contributed by atoms with Gasteiger partial charge in [-0.15, -0.1) is 0 Å². The second-order valence-electron chi connectivity index (χ2n) is 5.55. The van der Waals surface area contributed by atoms with Crippen molar-refractivity contribution in [1.82, 2.24) is 15.1 Å². The molecule has 17 heavy (non-hydrogen) atoms. The molecule has 3 aliphatic rings. The summed E-state index contributed by atoms with van der Waals surface area (Å²) in [5.41, 5.74) is 2.81. The zero-order valence-corrected chi connectivity index (χ0v) is 10.1. The molecule has 1 aromatic rings. The number of nitrogens with one attached hydrogen (secondary N) is 1. The molecule has 0 amide bonds. The van der Waals surface area contributed by atoms with Gasteiger partial charge in [-0.3, -0.25) is 4.68 Å². The molecule has 0 spiro atoms. The maximum atomic E-state index is 5.42. The minimum absolute atomic E-state index is 0.563. The first-order valence-corrected chi connectivity index (χ1v) is 6.82. The minimum Gasteiger partial charge on any atom is -0.381 e. The van der Waals surface area contributed by atoms with E-state index in [1.807, 2.05) is 0 Å². The van der Waals surface area contributed by atoms with Crippen molar-refractivity contribution in [2.45, 2.75) is 50.2 Å². The van der Waals surface area contributed by atoms with Gasteiger partial charge in [0.05, 0.1) is 11.7 Å². The van der Waals surface area contributed by atoms with Crippen LogP contribution in [0.3, 0.4) is 0 Å². The summed E-state index contributed by atoms with van der Waals surface area (Å²) in [7, 11) is 0. The molecule has 4 heteroatoms. The normalized spacial score (nSPS) is 32.7. The number of ether oxygens (including phenoxy) is 1. The molecule has 1 aromatic heterocycles. The lowest BCUT2D eigenvalue weighted by molar-refractivity contribution is 0.0661. The highest BCUT2D eigenvalue weighted by atomic mass is 16.5. The summed E-state index contributed by atoms with van der Waals surface area (Å²) in [6, 6.07) is 1.83. The Hall–Kier alpha value is -0.870. The number of rotatable bonds is 1. The Kier molecular flexibility index (Phi) is 2.27. The molecule has 4 heterocycles. The second kappa shape index (κ2) is 3.82. The summed E-state index contributed by atoms with van der Waals surface area (Å²) in [5.74, 6) is 0. The predicted octanol–water partition coefficient (Wildman–Crippen LogP) is 1.58. The van der Waals surface area contributed by atoms with Gasteiger partial charge in [0.15, 0.2) is 0 Å². The highest BCUT2D eigenvalue weighted by molar-refractivity contribution is 5.28. The summed E-state index contributed by atoms with van der Waals surface area (Å²) in [4.78, 5) is 0. The second-order valence-corrected chi connectivity index (χ2v) is 5.55.